The quantitative estimate of drug-likeness (QED) is 0.937. The number of nitrogens with zero attached hydrogens (tertiary/aromatic N) is 2. The maximum Gasteiger partial charge on any atom is 0.148 e. The van der Waals surface area contributed by atoms with E-state index < -0.39 is 0 Å². The summed E-state index contributed by atoms with van der Waals surface area (Å²) in [5.41, 5.74) is 8.55. The third-order valence-electron chi connectivity index (χ3n) is 4.67. The monoisotopic (exact) mass is 283 g/mol. The summed E-state index contributed by atoms with van der Waals surface area (Å²) < 4.78 is 5.26. The molecule has 0 amide bonds. The van der Waals surface area contributed by atoms with Crippen molar-refractivity contribution in [1.82, 2.24) is 10.2 Å². The first-order valence-corrected chi connectivity index (χ1v) is 7.93. The number of anilines is 1. The molecule has 1 aromatic carbocycles. The van der Waals surface area contributed by atoms with E-state index in [-0.39, 0.29) is 0 Å². The summed E-state index contributed by atoms with van der Waals surface area (Å²) in [4.78, 5) is 0. The van der Waals surface area contributed by atoms with Gasteiger partial charge >= 0.3 is 0 Å². The second-order valence-electron chi connectivity index (χ2n) is 6.15. The van der Waals surface area contributed by atoms with Gasteiger partial charge < -0.3 is 9.95 Å². The summed E-state index contributed by atoms with van der Waals surface area (Å²) in [6, 6.07) is 8.70. The molecule has 4 nitrogen and oxygen atoms in total. The number of hydrogen-bond donors (Lipinski definition) is 1. The van der Waals surface area contributed by atoms with E-state index >= 15 is 0 Å². The van der Waals surface area contributed by atoms with Crippen molar-refractivity contribution >= 4 is 5.69 Å². The van der Waals surface area contributed by atoms with Crippen molar-refractivity contribution in [3.05, 3.63) is 47.3 Å². The van der Waals surface area contributed by atoms with Gasteiger partial charge in [0.05, 0.1) is 0 Å². The minimum absolute atomic E-state index is 0.438. The highest BCUT2D eigenvalue weighted by molar-refractivity contribution is 5.49. The van der Waals surface area contributed by atoms with Crippen molar-refractivity contribution < 1.29 is 4.52 Å². The van der Waals surface area contributed by atoms with Crippen LogP contribution in [0.25, 0.3) is 0 Å². The van der Waals surface area contributed by atoms with Crippen molar-refractivity contribution in [3.8, 4) is 0 Å². The van der Waals surface area contributed by atoms with Crippen LogP contribution < -0.4 is 5.43 Å². The van der Waals surface area contributed by atoms with Crippen LogP contribution in [0.3, 0.4) is 0 Å². The highest BCUT2D eigenvalue weighted by Gasteiger charge is 2.27. The fourth-order valence-corrected chi connectivity index (χ4v) is 3.55. The Bertz CT molecular complexity index is 591. The molecule has 0 spiro atoms. The molecule has 0 radical (unpaired) electrons. The van der Waals surface area contributed by atoms with Gasteiger partial charge in [-0.3, -0.25) is 0 Å². The maximum absolute atomic E-state index is 5.26. The number of benzene rings is 1. The molecule has 2 heterocycles. The van der Waals surface area contributed by atoms with Gasteiger partial charge in [0.15, 0.2) is 0 Å². The Morgan fingerprint density at radius 2 is 1.76 bits per heavy atom. The molecule has 4 heteroatoms. The molecule has 1 saturated heterocycles. The molecule has 4 rings (SSSR count). The fraction of sp³-hybridized carbons (Fsp3) is 0.471. The molecule has 21 heavy (non-hydrogen) atoms. The second kappa shape index (κ2) is 5.53. The van der Waals surface area contributed by atoms with Gasteiger partial charge in [-0.1, -0.05) is 35.8 Å². The number of hydrazine groups is 1. The van der Waals surface area contributed by atoms with E-state index in [1.165, 1.54) is 30.4 Å². The van der Waals surface area contributed by atoms with Gasteiger partial charge in [-0.15, -0.1) is 0 Å². The highest BCUT2D eigenvalue weighted by Crippen LogP contribution is 2.36. The molecule has 0 saturated carbocycles. The Hall–Kier alpha value is -1.81. The first-order chi connectivity index (χ1) is 10.4. The van der Waals surface area contributed by atoms with Crippen molar-refractivity contribution in [2.24, 2.45) is 0 Å². The van der Waals surface area contributed by atoms with E-state index in [2.05, 4.69) is 39.9 Å². The Morgan fingerprint density at radius 3 is 2.48 bits per heavy atom. The molecule has 0 atom stereocenters. The molecule has 0 unspecified atom stereocenters. The third kappa shape index (κ3) is 2.56. The van der Waals surface area contributed by atoms with Crippen molar-refractivity contribution in [3.63, 3.8) is 0 Å². The summed E-state index contributed by atoms with van der Waals surface area (Å²) >= 11 is 0. The lowest BCUT2D eigenvalue weighted by atomic mass is 10.0. The predicted molar refractivity (Wildman–Crippen MR) is 82.1 cm³/mol. The minimum atomic E-state index is 0.438. The number of nitrogens with one attached hydrogen (secondary N) is 1. The van der Waals surface area contributed by atoms with Crippen molar-refractivity contribution in [1.29, 1.82) is 0 Å². The Kier molecular flexibility index (Phi) is 3.39. The summed E-state index contributed by atoms with van der Waals surface area (Å²) in [6.45, 7) is 2.21. The Balaban J connectivity index is 1.51. The van der Waals surface area contributed by atoms with Crippen LogP contribution >= 0.6 is 0 Å². The van der Waals surface area contributed by atoms with Gasteiger partial charge in [0.1, 0.15) is 17.6 Å². The van der Waals surface area contributed by atoms with E-state index in [9.17, 15) is 0 Å². The van der Waals surface area contributed by atoms with Crippen LogP contribution in [0, 0.1) is 0 Å². The molecule has 1 aliphatic carbocycles. The normalized spacial score (nSPS) is 19.6. The molecule has 0 bridgehead atoms. The minimum Gasteiger partial charge on any atom is -0.362 e. The molecule has 1 N–H and O–H groups in total. The number of rotatable bonds is 3. The number of piperidine rings is 1. The Labute approximate surface area is 125 Å². The van der Waals surface area contributed by atoms with Gasteiger partial charge in [-0.25, -0.2) is 5.01 Å². The van der Waals surface area contributed by atoms with Crippen LogP contribution in [0.1, 0.15) is 42.0 Å². The Morgan fingerprint density at radius 1 is 1.05 bits per heavy atom. The van der Waals surface area contributed by atoms with Crippen LogP contribution in [-0.4, -0.2) is 23.3 Å². The number of hydrogen-bond acceptors (Lipinski definition) is 4. The van der Waals surface area contributed by atoms with Gasteiger partial charge in [-0.05, 0) is 36.8 Å². The molecular weight excluding hydrogens is 262 g/mol. The number of aromatic nitrogens is 1. The first kappa shape index (κ1) is 12.9. The molecule has 2 aliphatic rings. The van der Waals surface area contributed by atoms with Crippen LogP contribution in [-0.2, 0) is 12.8 Å². The number of fused-ring (bicyclic) bond motifs is 1. The van der Waals surface area contributed by atoms with E-state index in [1.807, 2.05) is 0 Å². The van der Waals surface area contributed by atoms with Gasteiger partial charge in [0, 0.05) is 19.0 Å². The summed E-state index contributed by atoms with van der Waals surface area (Å²) in [6.07, 6.45) is 7.76. The molecule has 1 aromatic heterocycles. The predicted octanol–water partition coefficient (Wildman–Crippen LogP) is 3.37. The molecule has 1 aliphatic heterocycles. The van der Waals surface area contributed by atoms with Crippen LogP contribution in [0.15, 0.2) is 35.1 Å². The molecular formula is C17H21N3O. The van der Waals surface area contributed by atoms with Crippen molar-refractivity contribution in [2.75, 3.05) is 18.5 Å². The zero-order valence-corrected chi connectivity index (χ0v) is 12.2. The van der Waals surface area contributed by atoms with E-state index in [1.54, 1.807) is 6.26 Å². The fourth-order valence-electron chi connectivity index (χ4n) is 3.55. The van der Waals surface area contributed by atoms with Crippen LogP contribution in [0.2, 0.25) is 0 Å². The molecule has 2 aromatic rings. The lowest BCUT2D eigenvalue weighted by Gasteiger charge is -2.27. The zero-order chi connectivity index (χ0) is 14.1. The first-order valence-electron chi connectivity index (χ1n) is 7.93. The highest BCUT2D eigenvalue weighted by atomic mass is 16.5. The third-order valence-corrected chi connectivity index (χ3v) is 4.67. The molecule has 1 fully saturated rings. The lowest BCUT2D eigenvalue weighted by molar-refractivity contribution is 0.272. The van der Waals surface area contributed by atoms with E-state index in [0.717, 1.165) is 37.3 Å². The van der Waals surface area contributed by atoms with E-state index in [4.69, 9.17) is 4.52 Å². The smallest absolute Gasteiger partial charge is 0.148 e. The summed E-state index contributed by atoms with van der Waals surface area (Å²) in [7, 11) is 0. The maximum atomic E-state index is 5.26. The summed E-state index contributed by atoms with van der Waals surface area (Å²) in [5.74, 6) is 0.438. The average molecular weight is 283 g/mol. The van der Waals surface area contributed by atoms with Gasteiger partial charge in [-0.2, -0.15) is 0 Å². The van der Waals surface area contributed by atoms with Crippen molar-refractivity contribution in [2.45, 2.75) is 38.0 Å². The summed E-state index contributed by atoms with van der Waals surface area (Å²) in [5, 5.41) is 6.58. The lowest BCUT2D eigenvalue weighted by Crippen LogP contribution is -2.35. The van der Waals surface area contributed by atoms with Crippen LogP contribution in [0.5, 0.6) is 0 Å². The van der Waals surface area contributed by atoms with Gasteiger partial charge in [0.2, 0.25) is 0 Å². The van der Waals surface area contributed by atoms with Crippen LogP contribution in [0.4, 0.5) is 5.69 Å². The molecule has 110 valence electrons. The standard InChI is InChI=1S/C17H21N3O/c1-4-8-20(9-5-1)18-16-12-21-19-17(16)15-10-13-6-2-3-7-14(13)11-15/h2-3,6-7,12,15,18H,1,4-5,8-11H2. The second-order valence-corrected chi connectivity index (χ2v) is 6.15. The average Bonchev–Trinajstić information content (AvgIpc) is 3.14. The SMILES string of the molecule is c1ccc2c(c1)CC(c1nocc1NN1CCCCC1)C2. The van der Waals surface area contributed by atoms with E-state index in [0.29, 0.717) is 5.92 Å². The zero-order valence-electron chi connectivity index (χ0n) is 12.2. The van der Waals surface area contributed by atoms with Gasteiger partial charge in [0.25, 0.3) is 0 Å². The largest absolute Gasteiger partial charge is 0.362 e. The topological polar surface area (TPSA) is 41.3 Å².